The van der Waals surface area contributed by atoms with Gasteiger partial charge in [-0.1, -0.05) is 24.3 Å². The van der Waals surface area contributed by atoms with Crippen molar-refractivity contribution in [3.8, 4) is 0 Å². The zero-order valence-electron chi connectivity index (χ0n) is 16.4. The summed E-state index contributed by atoms with van der Waals surface area (Å²) >= 11 is 0. The Kier molecular flexibility index (Phi) is 6.28. The Balaban J connectivity index is 1.59. The number of alkyl carbamates (subject to hydrolysis) is 1. The average molecular weight is 386 g/mol. The van der Waals surface area contributed by atoms with Crippen LogP contribution in [0.1, 0.15) is 56.7 Å². The van der Waals surface area contributed by atoms with Crippen LogP contribution in [0.15, 0.2) is 36.9 Å². The second-order valence-electron chi connectivity index (χ2n) is 7.30. The van der Waals surface area contributed by atoms with Gasteiger partial charge in [0.05, 0.1) is 18.7 Å². The van der Waals surface area contributed by atoms with Gasteiger partial charge in [-0.2, -0.15) is 5.10 Å². The molecule has 1 aromatic carbocycles. The van der Waals surface area contributed by atoms with Crippen molar-refractivity contribution in [1.82, 2.24) is 20.1 Å². The summed E-state index contributed by atoms with van der Waals surface area (Å²) in [7, 11) is 0. The maximum Gasteiger partial charge on any atom is 0.408 e. The van der Waals surface area contributed by atoms with Crippen LogP contribution in [0, 0.1) is 0 Å². The Morgan fingerprint density at radius 1 is 1.18 bits per heavy atom. The van der Waals surface area contributed by atoms with Crippen LogP contribution >= 0.6 is 0 Å². The molecule has 1 saturated carbocycles. The third-order valence-electron chi connectivity index (χ3n) is 4.50. The fourth-order valence-electron chi connectivity index (χ4n) is 2.86. The number of hydrogen-bond donors (Lipinski definition) is 1. The van der Waals surface area contributed by atoms with E-state index in [1.54, 1.807) is 13.8 Å². The summed E-state index contributed by atoms with van der Waals surface area (Å²) in [6, 6.07) is 7.97. The summed E-state index contributed by atoms with van der Waals surface area (Å²) in [6.07, 6.45) is 3.16. The number of amides is 1. The number of rotatable bonds is 8. The van der Waals surface area contributed by atoms with Crippen molar-refractivity contribution in [1.29, 1.82) is 0 Å². The molecule has 3 rings (SSSR count). The molecule has 28 heavy (non-hydrogen) atoms. The van der Waals surface area contributed by atoms with E-state index in [1.807, 2.05) is 19.1 Å². The molecule has 0 spiro atoms. The largest absolute Gasteiger partial charge is 0.460 e. The quantitative estimate of drug-likeness (QED) is 0.701. The highest BCUT2D eigenvalue weighted by Gasteiger charge is 2.27. The SMILES string of the molecule is CC(C)OC(=O)[C@@H](Cn1cncn1)OC(=O)N[C@@H](C)c1ccc(C2CC2)cc1. The van der Waals surface area contributed by atoms with E-state index >= 15 is 0 Å². The lowest BCUT2D eigenvalue weighted by molar-refractivity contribution is -0.158. The molecule has 1 N–H and O–H groups in total. The highest BCUT2D eigenvalue weighted by Crippen LogP contribution is 2.40. The van der Waals surface area contributed by atoms with E-state index in [9.17, 15) is 9.59 Å². The van der Waals surface area contributed by atoms with Gasteiger partial charge in [-0.25, -0.2) is 19.3 Å². The third-order valence-corrected chi connectivity index (χ3v) is 4.50. The highest BCUT2D eigenvalue weighted by molar-refractivity contribution is 5.79. The summed E-state index contributed by atoms with van der Waals surface area (Å²) < 4.78 is 11.9. The monoisotopic (exact) mass is 386 g/mol. The fraction of sp³-hybridized carbons (Fsp3) is 0.500. The minimum atomic E-state index is -1.12. The number of carbonyl (C=O) groups excluding carboxylic acids is 2. The predicted octanol–water partition coefficient (Wildman–Crippen LogP) is 2.96. The lowest BCUT2D eigenvalue weighted by Gasteiger charge is -2.20. The van der Waals surface area contributed by atoms with Crippen LogP contribution in [0.5, 0.6) is 0 Å². The molecule has 2 aromatic rings. The van der Waals surface area contributed by atoms with Crippen LogP contribution in [0.25, 0.3) is 0 Å². The number of esters is 1. The van der Waals surface area contributed by atoms with Gasteiger partial charge in [-0.3, -0.25) is 0 Å². The summed E-state index contributed by atoms with van der Waals surface area (Å²) in [4.78, 5) is 28.5. The Bertz CT molecular complexity index is 785. The Hall–Kier alpha value is -2.90. The van der Waals surface area contributed by atoms with E-state index in [2.05, 4.69) is 27.5 Å². The molecule has 2 atom stereocenters. The minimum Gasteiger partial charge on any atom is -0.460 e. The topological polar surface area (TPSA) is 95.3 Å². The second kappa shape index (κ2) is 8.86. The van der Waals surface area contributed by atoms with Gasteiger partial charge in [0.15, 0.2) is 0 Å². The number of hydrogen-bond acceptors (Lipinski definition) is 6. The van der Waals surface area contributed by atoms with Gasteiger partial charge in [0, 0.05) is 0 Å². The lowest BCUT2D eigenvalue weighted by atomic mass is 10.0. The number of nitrogens with zero attached hydrogens (tertiary/aromatic N) is 3. The van der Waals surface area contributed by atoms with Gasteiger partial charge in [0.1, 0.15) is 12.7 Å². The molecule has 1 aliphatic carbocycles. The minimum absolute atomic E-state index is 0.0312. The first-order chi connectivity index (χ1) is 13.4. The normalized spacial score (nSPS) is 15.7. The van der Waals surface area contributed by atoms with Gasteiger partial charge in [-0.15, -0.1) is 0 Å². The zero-order valence-corrected chi connectivity index (χ0v) is 16.4. The fourth-order valence-corrected chi connectivity index (χ4v) is 2.86. The van der Waals surface area contributed by atoms with Crippen LogP contribution in [0.3, 0.4) is 0 Å². The second-order valence-corrected chi connectivity index (χ2v) is 7.30. The van der Waals surface area contributed by atoms with Gasteiger partial charge in [0.25, 0.3) is 0 Å². The maximum atomic E-state index is 12.4. The standard InChI is InChI=1S/C20H26N4O4/c1-13(2)27-19(25)18(10-24-12-21-11-22-24)28-20(26)23-14(3)15-4-6-16(7-5-15)17-8-9-17/h4-7,11-14,17-18H,8-10H2,1-3H3,(H,23,26)/t14-,18+/m0/s1. The average Bonchev–Trinajstić information content (AvgIpc) is 3.37. The van der Waals surface area contributed by atoms with Crippen LogP contribution in [0.4, 0.5) is 4.79 Å². The van der Waals surface area contributed by atoms with E-state index in [0.29, 0.717) is 5.92 Å². The molecule has 0 bridgehead atoms. The molecular formula is C20H26N4O4. The lowest BCUT2D eigenvalue weighted by Crippen LogP contribution is -2.38. The molecule has 1 fully saturated rings. The molecular weight excluding hydrogens is 360 g/mol. The number of ether oxygens (including phenoxy) is 2. The van der Waals surface area contributed by atoms with Crippen molar-refractivity contribution in [2.45, 2.75) is 64.3 Å². The first-order valence-electron chi connectivity index (χ1n) is 9.52. The van der Waals surface area contributed by atoms with E-state index < -0.39 is 18.2 Å². The first-order valence-corrected chi connectivity index (χ1v) is 9.52. The molecule has 0 unspecified atom stereocenters. The number of aromatic nitrogens is 3. The molecule has 1 amide bonds. The Labute approximate surface area is 164 Å². The van der Waals surface area contributed by atoms with Crippen molar-refractivity contribution in [3.05, 3.63) is 48.0 Å². The van der Waals surface area contributed by atoms with Crippen LogP contribution in [0.2, 0.25) is 0 Å². The van der Waals surface area contributed by atoms with Gasteiger partial charge < -0.3 is 14.8 Å². The summed E-state index contributed by atoms with van der Waals surface area (Å²) in [6.45, 7) is 5.37. The molecule has 8 nitrogen and oxygen atoms in total. The third kappa shape index (κ3) is 5.55. The molecule has 150 valence electrons. The van der Waals surface area contributed by atoms with Gasteiger partial charge in [0.2, 0.25) is 6.10 Å². The Morgan fingerprint density at radius 2 is 1.89 bits per heavy atom. The van der Waals surface area contributed by atoms with E-state index in [0.717, 1.165) is 5.56 Å². The summed E-state index contributed by atoms with van der Waals surface area (Å²) in [5, 5.41) is 6.71. The predicted molar refractivity (Wildman–Crippen MR) is 101 cm³/mol. The molecule has 8 heteroatoms. The van der Waals surface area contributed by atoms with Gasteiger partial charge in [-0.05, 0) is 50.7 Å². The van der Waals surface area contributed by atoms with E-state index in [4.69, 9.17) is 9.47 Å². The summed E-state index contributed by atoms with van der Waals surface area (Å²) in [5.41, 5.74) is 2.31. The molecule has 0 radical (unpaired) electrons. The van der Waals surface area contributed by atoms with Crippen molar-refractivity contribution in [2.24, 2.45) is 0 Å². The number of benzene rings is 1. The van der Waals surface area contributed by atoms with Crippen LogP contribution < -0.4 is 5.32 Å². The van der Waals surface area contributed by atoms with E-state index in [1.165, 1.54) is 35.7 Å². The Morgan fingerprint density at radius 3 is 2.46 bits per heavy atom. The highest BCUT2D eigenvalue weighted by atomic mass is 16.6. The molecule has 0 aliphatic heterocycles. The van der Waals surface area contributed by atoms with Crippen molar-refractivity contribution in [2.75, 3.05) is 0 Å². The number of nitrogens with one attached hydrogen (secondary N) is 1. The zero-order chi connectivity index (χ0) is 20.1. The van der Waals surface area contributed by atoms with Gasteiger partial charge >= 0.3 is 12.1 Å². The molecule has 1 aromatic heterocycles. The summed E-state index contributed by atoms with van der Waals surface area (Å²) in [5.74, 6) is 0.0638. The van der Waals surface area contributed by atoms with E-state index in [-0.39, 0.29) is 18.7 Å². The molecule has 1 heterocycles. The molecule has 1 aliphatic rings. The smallest absolute Gasteiger partial charge is 0.408 e. The maximum absolute atomic E-state index is 12.4. The van der Waals surface area contributed by atoms with Crippen LogP contribution in [-0.4, -0.2) is 39.0 Å². The van der Waals surface area contributed by atoms with Crippen molar-refractivity contribution >= 4 is 12.1 Å². The first kappa shape index (κ1) is 19.9. The van der Waals surface area contributed by atoms with Crippen molar-refractivity contribution in [3.63, 3.8) is 0 Å². The molecule has 0 saturated heterocycles. The number of carbonyl (C=O) groups is 2. The van der Waals surface area contributed by atoms with Crippen molar-refractivity contribution < 1.29 is 19.1 Å². The van der Waals surface area contributed by atoms with Crippen LogP contribution in [-0.2, 0) is 20.8 Å².